The molecule has 0 bridgehead atoms. The fraction of sp³-hybridized carbons (Fsp3) is 0.391. The predicted molar refractivity (Wildman–Crippen MR) is 122 cm³/mol. The van der Waals surface area contributed by atoms with Crippen LogP contribution >= 0.6 is 11.8 Å². The van der Waals surface area contributed by atoms with Crippen LogP contribution in [0.1, 0.15) is 15.9 Å². The number of carbonyl (C=O) groups excluding carboxylic acids is 2. The molecule has 0 aliphatic carbocycles. The Bertz CT molecular complexity index is 884. The molecule has 2 fully saturated rings. The zero-order valence-electron chi connectivity index (χ0n) is 17.3. The molecule has 30 heavy (non-hydrogen) atoms. The van der Waals surface area contributed by atoms with Crippen LogP contribution in [-0.2, 0) is 11.3 Å². The van der Waals surface area contributed by atoms with E-state index in [-0.39, 0.29) is 11.8 Å². The molecule has 1 atom stereocenters. The van der Waals surface area contributed by atoms with Crippen molar-refractivity contribution < 1.29 is 9.59 Å². The number of anilines is 1. The number of hydrogen-bond donors (Lipinski definition) is 1. The van der Waals surface area contributed by atoms with E-state index in [1.54, 1.807) is 28.8 Å². The molecule has 2 amide bonds. The number of rotatable bonds is 5. The van der Waals surface area contributed by atoms with E-state index in [9.17, 15) is 9.59 Å². The topological polar surface area (TPSA) is 55.9 Å². The van der Waals surface area contributed by atoms with E-state index in [1.807, 2.05) is 30.3 Å². The predicted octanol–water partition coefficient (Wildman–Crippen LogP) is 2.27. The molecule has 1 unspecified atom stereocenters. The van der Waals surface area contributed by atoms with Gasteiger partial charge in [0.05, 0.1) is 5.88 Å². The Morgan fingerprint density at radius 3 is 2.47 bits per heavy atom. The first-order valence-corrected chi connectivity index (χ1v) is 11.5. The Hall–Kier alpha value is -2.51. The maximum absolute atomic E-state index is 13.0. The van der Waals surface area contributed by atoms with Crippen LogP contribution in [0, 0.1) is 0 Å². The van der Waals surface area contributed by atoms with Gasteiger partial charge in [-0.15, -0.1) is 11.8 Å². The summed E-state index contributed by atoms with van der Waals surface area (Å²) in [6, 6.07) is 17.0. The summed E-state index contributed by atoms with van der Waals surface area (Å²) in [6.45, 7) is 4.52. The van der Waals surface area contributed by atoms with Gasteiger partial charge in [0.25, 0.3) is 5.91 Å². The number of likely N-dealkylation sites (N-methyl/N-ethyl adjacent to an activating group) is 1. The Kier molecular flexibility index (Phi) is 6.59. The van der Waals surface area contributed by atoms with Crippen molar-refractivity contribution >= 4 is 29.3 Å². The molecule has 2 aromatic carbocycles. The first-order valence-electron chi connectivity index (χ1n) is 10.4. The van der Waals surface area contributed by atoms with Crippen molar-refractivity contribution in [2.24, 2.45) is 0 Å². The molecule has 0 aromatic heterocycles. The van der Waals surface area contributed by atoms with E-state index in [1.165, 1.54) is 5.69 Å². The first kappa shape index (κ1) is 20.8. The second-order valence-corrected chi connectivity index (χ2v) is 8.79. The molecule has 0 saturated carbocycles. The van der Waals surface area contributed by atoms with Gasteiger partial charge in [-0.05, 0) is 30.8 Å². The van der Waals surface area contributed by atoms with E-state index in [2.05, 4.69) is 34.3 Å². The maximum atomic E-state index is 13.0. The lowest BCUT2D eigenvalue weighted by Crippen LogP contribution is -2.47. The summed E-state index contributed by atoms with van der Waals surface area (Å²) in [4.78, 5) is 32.2. The SMILES string of the molecule is CN1CCN(c2ccccc2CNC(=O)C2CSCN2C(=O)c2ccccc2)CC1. The zero-order valence-corrected chi connectivity index (χ0v) is 18.1. The van der Waals surface area contributed by atoms with Crippen LogP contribution in [0.15, 0.2) is 54.6 Å². The fourth-order valence-corrected chi connectivity index (χ4v) is 5.08. The average Bonchev–Trinajstić information content (AvgIpc) is 3.28. The van der Waals surface area contributed by atoms with E-state index in [0.717, 1.165) is 31.7 Å². The van der Waals surface area contributed by atoms with Crippen LogP contribution in [0.2, 0.25) is 0 Å². The highest BCUT2D eigenvalue weighted by molar-refractivity contribution is 7.99. The molecule has 6 nitrogen and oxygen atoms in total. The standard InChI is InChI=1S/C23H28N4O2S/c1-25-11-13-26(14-12-25)20-10-6-5-9-19(20)15-24-22(28)21-16-30-17-27(21)23(29)18-7-3-2-4-8-18/h2-10,21H,11-17H2,1H3,(H,24,28). The highest BCUT2D eigenvalue weighted by atomic mass is 32.2. The molecule has 0 spiro atoms. The minimum atomic E-state index is -0.432. The number of benzene rings is 2. The van der Waals surface area contributed by atoms with Crippen LogP contribution in [0.3, 0.4) is 0 Å². The zero-order chi connectivity index (χ0) is 20.9. The van der Waals surface area contributed by atoms with Crippen LogP contribution in [0.5, 0.6) is 0 Å². The van der Waals surface area contributed by atoms with Gasteiger partial charge >= 0.3 is 0 Å². The minimum absolute atomic E-state index is 0.0846. The second-order valence-electron chi connectivity index (χ2n) is 7.79. The van der Waals surface area contributed by atoms with Crippen molar-refractivity contribution in [3.63, 3.8) is 0 Å². The van der Waals surface area contributed by atoms with Gasteiger partial charge in [-0.2, -0.15) is 0 Å². The third kappa shape index (κ3) is 4.63. The highest BCUT2D eigenvalue weighted by Gasteiger charge is 2.35. The van der Waals surface area contributed by atoms with Crippen molar-refractivity contribution in [3.8, 4) is 0 Å². The molecule has 2 aliphatic rings. The van der Waals surface area contributed by atoms with E-state index in [0.29, 0.717) is 23.7 Å². The Morgan fingerprint density at radius 1 is 1.00 bits per heavy atom. The molecule has 0 radical (unpaired) electrons. The maximum Gasteiger partial charge on any atom is 0.255 e. The van der Waals surface area contributed by atoms with Crippen LogP contribution in [0.4, 0.5) is 5.69 Å². The van der Waals surface area contributed by atoms with Crippen LogP contribution < -0.4 is 10.2 Å². The van der Waals surface area contributed by atoms with Crippen molar-refractivity contribution in [1.82, 2.24) is 15.1 Å². The van der Waals surface area contributed by atoms with E-state index >= 15 is 0 Å². The number of nitrogens with zero attached hydrogens (tertiary/aromatic N) is 3. The number of hydrogen-bond acceptors (Lipinski definition) is 5. The Morgan fingerprint density at radius 2 is 1.70 bits per heavy atom. The summed E-state index contributed by atoms with van der Waals surface area (Å²) >= 11 is 1.62. The number of carbonyl (C=O) groups is 2. The highest BCUT2D eigenvalue weighted by Crippen LogP contribution is 2.25. The largest absolute Gasteiger partial charge is 0.369 e. The number of amides is 2. The summed E-state index contributed by atoms with van der Waals surface area (Å²) in [5, 5.41) is 3.08. The van der Waals surface area contributed by atoms with Crippen LogP contribution in [-0.4, -0.2) is 72.5 Å². The van der Waals surface area contributed by atoms with Gasteiger partial charge in [0.2, 0.25) is 5.91 Å². The number of para-hydroxylation sites is 1. The Balaban J connectivity index is 1.41. The first-order chi connectivity index (χ1) is 14.6. The fourth-order valence-electron chi connectivity index (χ4n) is 3.92. The van der Waals surface area contributed by atoms with Crippen LogP contribution in [0.25, 0.3) is 0 Å². The van der Waals surface area contributed by atoms with Crippen molar-refractivity contribution in [1.29, 1.82) is 0 Å². The average molecular weight is 425 g/mol. The van der Waals surface area contributed by atoms with Gasteiger partial charge in [-0.1, -0.05) is 36.4 Å². The molecule has 2 aromatic rings. The molecule has 4 rings (SSSR count). The quantitative estimate of drug-likeness (QED) is 0.798. The third-order valence-corrected chi connectivity index (χ3v) is 6.77. The summed E-state index contributed by atoms with van der Waals surface area (Å²) in [6.07, 6.45) is 0. The number of thioether (sulfide) groups is 1. The van der Waals surface area contributed by atoms with Gasteiger partial charge in [0, 0.05) is 49.7 Å². The second kappa shape index (κ2) is 9.53. The van der Waals surface area contributed by atoms with Gasteiger partial charge in [0.1, 0.15) is 6.04 Å². The smallest absolute Gasteiger partial charge is 0.255 e. The molecular weight excluding hydrogens is 396 g/mol. The van der Waals surface area contributed by atoms with Gasteiger partial charge in [-0.25, -0.2) is 0 Å². The molecular formula is C23H28N4O2S. The summed E-state index contributed by atoms with van der Waals surface area (Å²) in [5.41, 5.74) is 2.92. The van der Waals surface area contributed by atoms with Gasteiger partial charge < -0.3 is 20.0 Å². The normalized spacial score (nSPS) is 19.7. The van der Waals surface area contributed by atoms with E-state index in [4.69, 9.17) is 0 Å². The molecule has 1 N–H and O–H groups in total. The third-order valence-electron chi connectivity index (χ3n) is 5.76. The van der Waals surface area contributed by atoms with Crippen molar-refractivity contribution in [2.45, 2.75) is 12.6 Å². The molecule has 2 saturated heterocycles. The number of piperazine rings is 1. The lowest BCUT2D eigenvalue weighted by atomic mass is 10.1. The molecule has 2 heterocycles. The van der Waals surface area contributed by atoms with E-state index < -0.39 is 6.04 Å². The lowest BCUT2D eigenvalue weighted by molar-refractivity contribution is -0.124. The summed E-state index contributed by atoms with van der Waals surface area (Å²) < 4.78 is 0. The van der Waals surface area contributed by atoms with Crippen molar-refractivity contribution in [3.05, 3.63) is 65.7 Å². The minimum Gasteiger partial charge on any atom is -0.369 e. The van der Waals surface area contributed by atoms with Crippen molar-refractivity contribution in [2.75, 3.05) is 49.8 Å². The van der Waals surface area contributed by atoms with Gasteiger partial charge in [0.15, 0.2) is 0 Å². The summed E-state index contributed by atoms with van der Waals surface area (Å²) in [7, 11) is 2.14. The molecule has 158 valence electrons. The molecule has 2 aliphatic heterocycles. The number of nitrogens with one attached hydrogen (secondary N) is 1. The van der Waals surface area contributed by atoms with Gasteiger partial charge in [-0.3, -0.25) is 9.59 Å². The Labute approximate surface area is 182 Å². The monoisotopic (exact) mass is 424 g/mol. The summed E-state index contributed by atoms with van der Waals surface area (Å²) in [5.74, 6) is 1.00. The lowest BCUT2D eigenvalue weighted by Gasteiger charge is -2.35. The molecule has 7 heteroatoms.